The van der Waals surface area contributed by atoms with Crippen LogP contribution in [0.4, 0.5) is 5.69 Å². The third-order valence-electron chi connectivity index (χ3n) is 4.00. The van der Waals surface area contributed by atoms with Gasteiger partial charge in [0.05, 0.1) is 10.8 Å². The number of rotatable bonds is 2. The molecule has 3 aromatic carbocycles. The molecule has 0 fully saturated rings. The van der Waals surface area contributed by atoms with Gasteiger partial charge in [0.25, 0.3) is 0 Å². The number of isothiocyanates is 1. The minimum atomic E-state index is 0.806. The van der Waals surface area contributed by atoms with Crippen LogP contribution in [0.25, 0.3) is 11.1 Å². The van der Waals surface area contributed by atoms with Gasteiger partial charge in [0.2, 0.25) is 0 Å². The molecular weight excluding hydrogens is 322 g/mol. The summed E-state index contributed by atoms with van der Waals surface area (Å²) in [4.78, 5) is 3.99. The molecule has 1 nitrogen and oxygen atoms in total. The van der Waals surface area contributed by atoms with Crippen molar-refractivity contribution >= 4 is 23.1 Å². The fourth-order valence-corrected chi connectivity index (χ4v) is 2.65. The molecule has 0 heterocycles. The maximum Gasteiger partial charge on any atom is 0.0743 e. The van der Waals surface area contributed by atoms with Crippen molar-refractivity contribution in [3.63, 3.8) is 0 Å². The van der Waals surface area contributed by atoms with Crippen LogP contribution in [0, 0.1) is 25.7 Å². The van der Waals surface area contributed by atoms with E-state index in [9.17, 15) is 0 Å². The Balaban J connectivity index is 1.82. The molecule has 0 saturated carbocycles. The third-order valence-corrected chi connectivity index (χ3v) is 4.09. The summed E-state index contributed by atoms with van der Waals surface area (Å²) in [5.41, 5.74) is 7.56. The monoisotopic (exact) mass is 339 g/mol. The molecule has 3 rings (SSSR count). The van der Waals surface area contributed by atoms with Crippen molar-refractivity contribution in [3.05, 3.63) is 89.0 Å². The van der Waals surface area contributed by atoms with Gasteiger partial charge in [-0.15, -0.1) is 0 Å². The van der Waals surface area contributed by atoms with E-state index in [1.54, 1.807) is 0 Å². The second kappa shape index (κ2) is 7.73. The van der Waals surface area contributed by atoms with Crippen molar-refractivity contribution in [1.29, 1.82) is 0 Å². The largest absolute Gasteiger partial charge is 0.195 e. The molecule has 0 spiro atoms. The van der Waals surface area contributed by atoms with Crippen molar-refractivity contribution < 1.29 is 0 Å². The summed E-state index contributed by atoms with van der Waals surface area (Å²) in [6.45, 7) is 4.12. The lowest BCUT2D eigenvalue weighted by Gasteiger charge is -2.02. The Kier molecular flexibility index (Phi) is 5.21. The van der Waals surface area contributed by atoms with Gasteiger partial charge in [-0.1, -0.05) is 53.8 Å². The summed E-state index contributed by atoms with van der Waals surface area (Å²) in [7, 11) is 0. The molecule has 0 bridgehead atoms. The van der Waals surface area contributed by atoms with Gasteiger partial charge in [0.1, 0.15) is 0 Å². The lowest BCUT2D eigenvalue weighted by Crippen LogP contribution is -1.83. The van der Waals surface area contributed by atoms with Crippen molar-refractivity contribution in [3.8, 4) is 23.0 Å². The van der Waals surface area contributed by atoms with E-state index in [2.05, 4.69) is 89.7 Å². The molecule has 0 N–H and O–H groups in total. The Morgan fingerprint density at radius 1 is 0.760 bits per heavy atom. The maximum absolute atomic E-state index is 4.63. The Morgan fingerprint density at radius 3 is 2.00 bits per heavy atom. The summed E-state index contributed by atoms with van der Waals surface area (Å²) in [5.74, 6) is 6.45. The molecule has 2 heteroatoms. The maximum atomic E-state index is 4.63. The van der Waals surface area contributed by atoms with E-state index in [1.165, 1.54) is 16.7 Å². The summed E-state index contributed by atoms with van der Waals surface area (Å²) in [6.07, 6.45) is 0. The number of aryl methyl sites for hydroxylation is 2. The van der Waals surface area contributed by atoms with E-state index >= 15 is 0 Å². The molecule has 0 aliphatic carbocycles. The topological polar surface area (TPSA) is 12.4 Å². The molecule has 0 atom stereocenters. The normalized spacial score (nSPS) is 9.68. The summed E-state index contributed by atoms with van der Waals surface area (Å²) >= 11 is 4.63. The smallest absolute Gasteiger partial charge is 0.0743 e. The van der Waals surface area contributed by atoms with Crippen molar-refractivity contribution in [2.45, 2.75) is 13.8 Å². The molecule has 0 aliphatic rings. The van der Waals surface area contributed by atoms with Crippen LogP contribution in [-0.4, -0.2) is 5.16 Å². The Labute approximate surface area is 154 Å². The Hall–Kier alpha value is -2.98. The van der Waals surface area contributed by atoms with Crippen LogP contribution in [0.5, 0.6) is 0 Å². The molecule has 0 radical (unpaired) electrons. The highest BCUT2D eigenvalue weighted by molar-refractivity contribution is 7.78. The number of hydrogen-bond acceptors (Lipinski definition) is 2. The standard InChI is InChI=1S/C23H17NS/c1-17-3-8-21(9-4-17)22-11-6-19(7-12-22)5-10-20-13-14-23(24-16-25)15-18(20)2/h3-4,6-9,11-15H,1-2H3. The Morgan fingerprint density at radius 2 is 1.40 bits per heavy atom. The average Bonchev–Trinajstić information content (AvgIpc) is 2.62. The minimum absolute atomic E-state index is 0.806. The quantitative estimate of drug-likeness (QED) is 0.312. The van der Waals surface area contributed by atoms with Crippen molar-refractivity contribution in [2.24, 2.45) is 4.99 Å². The number of benzene rings is 3. The highest BCUT2D eigenvalue weighted by Gasteiger charge is 1.98. The van der Waals surface area contributed by atoms with Crippen LogP contribution in [-0.2, 0) is 0 Å². The molecule has 0 saturated heterocycles. The van der Waals surface area contributed by atoms with Gasteiger partial charge in [0.15, 0.2) is 0 Å². The van der Waals surface area contributed by atoms with Gasteiger partial charge in [-0.05, 0) is 73.1 Å². The Bertz CT molecular complexity index is 997. The number of hydrogen-bond donors (Lipinski definition) is 0. The van der Waals surface area contributed by atoms with Crippen LogP contribution in [0.15, 0.2) is 71.7 Å². The van der Waals surface area contributed by atoms with Gasteiger partial charge < -0.3 is 0 Å². The van der Waals surface area contributed by atoms with Crippen LogP contribution < -0.4 is 0 Å². The molecule has 0 amide bonds. The first-order chi connectivity index (χ1) is 12.2. The number of aliphatic imine (C=N–C) groups is 1. The van der Waals surface area contributed by atoms with E-state index in [0.717, 1.165) is 22.4 Å². The van der Waals surface area contributed by atoms with E-state index in [0.29, 0.717) is 0 Å². The second-order valence-corrected chi connectivity index (χ2v) is 6.08. The molecule has 120 valence electrons. The highest BCUT2D eigenvalue weighted by atomic mass is 32.1. The molecular formula is C23H17NS. The van der Waals surface area contributed by atoms with Crippen molar-refractivity contribution in [1.82, 2.24) is 0 Å². The minimum Gasteiger partial charge on any atom is -0.195 e. The van der Waals surface area contributed by atoms with Crippen LogP contribution in [0.1, 0.15) is 22.3 Å². The fraction of sp³-hybridized carbons (Fsp3) is 0.0870. The average molecular weight is 339 g/mol. The molecule has 0 aliphatic heterocycles. The van der Waals surface area contributed by atoms with Gasteiger partial charge in [-0.3, -0.25) is 0 Å². The predicted molar refractivity (Wildman–Crippen MR) is 108 cm³/mol. The van der Waals surface area contributed by atoms with Crippen LogP contribution in [0.2, 0.25) is 0 Å². The molecule has 3 aromatic rings. The van der Waals surface area contributed by atoms with Gasteiger partial charge >= 0.3 is 0 Å². The molecule has 0 unspecified atom stereocenters. The second-order valence-electron chi connectivity index (χ2n) is 5.90. The first-order valence-electron chi connectivity index (χ1n) is 8.03. The number of nitrogens with zero attached hydrogens (tertiary/aromatic N) is 1. The lowest BCUT2D eigenvalue weighted by molar-refractivity contribution is 1.41. The van der Waals surface area contributed by atoms with E-state index in [-0.39, 0.29) is 0 Å². The fourth-order valence-electron chi connectivity index (χ4n) is 2.54. The third kappa shape index (κ3) is 4.31. The first kappa shape index (κ1) is 16.9. The van der Waals surface area contributed by atoms with Crippen LogP contribution in [0.3, 0.4) is 0 Å². The molecule has 0 aromatic heterocycles. The van der Waals surface area contributed by atoms with E-state index in [4.69, 9.17) is 0 Å². The zero-order valence-corrected chi connectivity index (χ0v) is 15.0. The lowest BCUT2D eigenvalue weighted by atomic mass is 10.0. The molecule has 25 heavy (non-hydrogen) atoms. The van der Waals surface area contributed by atoms with Gasteiger partial charge in [-0.25, -0.2) is 0 Å². The van der Waals surface area contributed by atoms with Crippen molar-refractivity contribution in [2.75, 3.05) is 0 Å². The van der Waals surface area contributed by atoms with E-state index in [1.807, 2.05) is 25.1 Å². The SMILES string of the molecule is Cc1ccc(-c2ccc(C#Cc3ccc(N=C=S)cc3C)cc2)cc1. The van der Waals surface area contributed by atoms with E-state index < -0.39 is 0 Å². The summed E-state index contributed by atoms with van der Waals surface area (Å²) in [5, 5.41) is 2.38. The summed E-state index contributed by atoms with van der Waals surface area (Å²) < 4.78 is 0. The van der Waals surface area contributed by atoms with Gasteiger partial charge in [0, 0.05) is 11.1 Å². The first-order valence-corrected chi connectivity index (χ1v) is 8.44. The number of thiocarbonyl (C=S) groups is 1. The zero-order chi connectivity index (χ0) is 17.6. The van der Waals surface area contributed by atoms with Crippen LogP contribution >= 0.6 is 12.2 Å². The summed E-state index contributed by atoms with van der Waals surface area (Å²) in [6, 6.07) is 22.7. The predicted octanol–water partition coefficient (Wildman–Crippen LogP) is 6.10. The van der Waals surface area contributed by atoms with Gasteiger partial charge in [-0.2, -0.15) is 4.99 Å². The highest BCUT2D eigenvalue weighted by Crippen LogP contribution is 2.20. The zero-order valence-electron chi connectivity index (χ0n) is 14.2.